The molecule has 2 rings (SSSR count). The smallest absolute Gasteiger partial charge is 0.166 e. The second kappa shape index (κ2) is 4.40. The minimum absolute atomic E-state index is 0.199. The minimum Gasteiger partial charge on any atom is -0.388 e. The summed E-state index contributed by atoms with van der Waals surface area (Å²) < 4.78 is 15.3. The molecule has 4 nitrogen and oxygen atoms in total. The van der Waals surface area contributed by atoms with Gasteiger partial charge in [0.15, 0.2) is 11.6 Å². The maximum atomic E-state index is 13.6. The first-order valence-electron chi connectivity index (χ1n) is 5.05. The van der Waals surface area contributed by atoms with Crippen molar-refractivity contribution in [2.75, 3.05) is 0 Å². The van der Waals surface area contributed by atoms with E-state index >= 15 is 0 Å². The van der Waals surface area contributed by atoms with Crippen molar-refractivity contribution in [3.05, 3.63) is 35.9 Å². The Labute approximate surface area is 92.4 Å². The third kappa shape index (κ3) is 1.69. The lowest BCUT2D eigenvalue weighted by Crippen LogP contribution is -2.04. The number of aliphatic hydroxyl groups excluding tert-OH is 1. The van der Waals surface area contributed by atoms with E-state index in [0.29, 0.717) is 23.8 Å². The van der Waals surface area contributed by atoms with E-state index < -0.39 is 0 Å². The predicted molar refractivity (Wildman–Crippen MR) is 57.0 cm³/mol. The van der Waals surface area contributed by atoms with Gasteiger partial charge < -0.3 is 9.67 Å². The molecular weight excluding hydrogens is 209 g/mol. The summed E-state index contributed by atoms with van der Waals surface area (Å²) in [6.45, 7) is 2.29. The van der Waals surface area contributed by atoms with E-state index in [-0.39, 0.29) is 12.4 Å². The van der Waals surface area contributed by atoms with Crippen molar-refractivity contribution in [1.82, 2.24) is 14.8 Å². The number of rotatable bonds is 3. The van der Waals surface area contributed by atoms with Crippen molar-refractivity contribution in [2.24, 2.45) is 0 Å². The third-order valence-electron chi connectivity index (χ3n) is 2.40. The molecule has 84 valence electrons. The molecule has 0 bridgehead atoms. The van der Waals surface area contributed by atoms with Gasteiger partial charge in [0.05, 0.1) is 5.56 Å². The highest BCUT2D eigenvalue weighted by molar-refractivity contribution is 5.56. The van der Waals surface area contributed by atoms with Crippen LogP contribution < -0.4 is 0 Å². The maximum Gasteiger partial charge on any atom is 0.166 e. The molecule has 1 aromatic heterocycles. The Morgan fingerprint density at radius 2 is 2.06 bits per heavy atom. The number of aromatic nitrogens is 3. The number of hydrogen-bond donors (Lipinski definition) is 1. The van der Waals surface area contributed by atoms with E-state index in [9.17, 15) is 4.39 Å². The highest BCUT2D eigenvalue weighted by Crippen LogP contribution is 2.21. The average Bonchev–Trinajstić information content (AvgIpc) is 2.72. The Bertz CT molecular complexity index is 496. The molecule has 0 atom stereocenters. The van der Waals surface area contributed by atoms with Crippen LogP contribution in [-0.2, 0) is 13.2 Å². The molecule has 0 fully saturated rings. The Morgan fingerprint density at radius 1 is 1.31 bits per heavy atom. The van der Waals surface area contributed by atoms with Gasteiger partial charge in [0, 0.05) is 6.54 Å². The maximum absolute atomic E-state index is 13.6. The molecule has 0 saturated heterocycles. The van der Waals surface area contributed by atoms with Gasteiger partial charge >= 0.3 is 0 Å². The van der Waals surface area contributed by atoms with Crippen LogP contribution in [0.3, 0.4) is 0 Å². The van der Waals surface area contributed by atoms with Crippen molar-refractivity contribution >= 4 is 0 Å². The van der Waals surface area contributed by atoms with Crippen molar-refractivity contribution in [1.29, 1.82) is 0 Å². The average molecular weight is 221 g/mol. The summed E-state index contributed by atoms with van der Waals surface area (Å²) in [6.07, 6.45) is 0. The molecule has 0 aliphatic heterocycles. The van der Waals surface area contributed by atoms with Crippen molar-refractivity contribution in [2.45, 2.75) is 20.1 Å². The summed E-state index contributed by atoms with van der Waals surface area (Å²) >= 11 is 0. The quantitative estimate of drug-likeness (QED) is 0.856. The number of halogens is 1. The molecule has 0 amide bonds. The molecule has 0 unspecified atom stereocenters. The van der Waals surface area contributed by atoms with E-state index in [4.69, 9.17) is 5.11 Å². The van der Waals surface area contributed by atoms with Gasteiger partial charge in [-0.05, 0) is 19.1 Å². The lowest BCUT2D eigenvalue weighted by molar-refractivity contribution is 0.265. The first-order valence-corrected chi connectivity index (χ1v) is 5.05. The lowest BCUT2D eigenvalue weighted by atomic mass is 10.2. The normalized spacial score (nSPS) is 10.7. The standard InChI is InChI=1S/C11H12FN3O/c1-2-15-10(7-16)13-14-11(15)8-5-3-4-6-9(8)12/h3-6,16H,2,7H2,1H3. The van der Waals surface area contributed by atoms with E-state index in [1.165, 1.54) is 6.07 Å². The van der Waals surface area contributed by atoms with Gasteiger partial charge in [-0.2, -0.15) is 0 Å². The molecule has 0 aliphatic carbocycles. The van der Waals surface area contributed by atoms with Gasteiger partial charge in [-0.15, -0.1) is 10.2 Å². The highest BCUT2D eigenvalue weighted by atomic mass is 19.1. The van der Waals surface area contributed by atoms with Crippen LogP contribution in [0.25, 0.3) is 11.4 Å². The van der Waals surface area contributed by atoms with Crippen LogP contribution in [0.5, 0.6) is 0 Å². The Kier molecular flexibility index (Phi) is 2.96. The van der Waals surface area contributed by atoms with Crippen LogP contribution in [-0.4, -0.2) is 19.9 Å². The fourth-order valence-electron chi connectivity index (χ4n) is 1.63. The molecule has 16 heavy (non-hydrogen) atoms. The van der Waals surface area contributed by atoms with Crippen LogP contribution in [0.1, 0.15) is 12.7 Å². The predicted octanol–water partition coefficient (Wildman–Crippen LogP) is 1.60. The number of nitrogens with zero attached hydrogens (tertiary/aromatic N) is 3. The van der Waals surface area contributed by atoms with Gasteiger partial charge in [0.25, 0.3) is 0 Å². The summed E-state index contributed by atoms with van der Waals surface area (Å²) in [5, 5.41) is 16.8. The van der Waals surface area contributed by atoms with Crippen LogP contribution in [0, 0.1) is 5.82 Å². The van der Waals surface area contributed by atoms with E-state index in [0.717, 1.165) is 0 Å². The van der Waals surface area contributed by atoms with Gasteiger partial charge in [-0.3, -0.25) is 0 Å². The zero-order chi connectivity index (χ0) is 11.5. The van der Waals surface area contributed by atoms with Crippen LogP contribution >= 0.6 is 0 Å². The van der Waals surface area contributed by atoms with Crippen LogP contribution in [0.4, 0.5) is 4.39 Å². The second-order valence-electron chi connectivity index (χ2n) is 3.32. The second-order valence-corrected chi connectivity index (χ2v) is 3.32. The minimum atomic E-state index is -0.339. The summed E-state index contributed by atoms with van der Waals surface area (Å²) in [5.74, 6) is 0.555. The Hall–Kier alpha value is -1.75. The van der Waals surface area contributed by atoms with E-state index in [1.807, 2.05) is 6.92 Å². The first kappa shape index (κ1) is 10.8. The first-order chi connectivity index (χ1) is 7.77. The molecule has 2 aromatic rings. The monoisotopic (exact) mass is 221 g/mol. The lowest BCUT2D eigenvalue weighted by Gasteiger charge is -2.06. The van der Waals surface area contributed by atoms with Gasteiger partial charge in [-0.25, -0.2) is 4.39 Å². The molecule has 0 spiro atoms. The third-order valence-corrected chi connectivity index (χ3v) is 2.40. The summed E-state index contributed by atoms with van der Waals surface area (Å²) in [4.78, 5) is 0. The summed E-state index contributed by atoms with van der Waals surface area (Å²) in [6, 6.07) is 6.39. The van der Waals surface area contributed by atoms with Gasteiger partial charge in [0.2, 0.25) is 0 Å². The summed E-state index contributed by atoms with van der Waals surface area (Å²) in [7, 11) is 0. The van der Waals surface area contributed by atoms with Crippen LogP contribution in [0.2, 0.25) is 0 Å². The fraction of sp³-hybridized carbons (Fsp3) is 0.273. The Morgan fingerprint density at radius 3 is 2.69 bits per heavy atom. The molecule has 5 heteroatoms. The molecule has 1 heterocycles. The fourth-order valence-corrected chi connectivity index (χ4v) is 1.63. The van der Waals surface area contributed by atoms with Crippen molar-refractivity contribution in [3.63, 3.8) is 0 Å². The van der Waals surface area contributed by atoms with Crippen molar-refractivity contribution in [3.8, 4) is 11.4 Å². The zero-order valence-electron chi connectivity index (χ0n) is 8.89. The molecule has 0 saturated carbocycles. The van der Waals surface area contributed by atoms with Crippen LogP contribution in [0.15, 0.2) is 24.3 Å². The molecule has 1 aromatic carbocycles. The number of benzene rings is 1. The van der Waals surface area contributed by atoms with E-state index in [1.54, 1.807) is 22.8 Å². The topological polar surface area (TPSA) is 50.9 Å². The number of aliphatic hydroxyl groups is 1. The highest BCUT2D eigenvalue weighted by Gasteiger charge is 2.14. The molecule has 1 N–H and O–H groups in total. The molecular formula is C11H12FN3O. The zero-order valence-corrected chi connectivity index (χ0v) is 8.89. The Balaban J connectivity index is 2.56. The SMILES string of the molecule is CCn1c(CO)nnc1-c1ccccc1F. The summed E-state index contributed by atoms with van der Waals surface area (Å²) in [5.41, 5.74) is 0.400. The molecule has 0 radical (unpaired) electrons. The molecule has 0 aliphatic rings. The van der Waals surface area contributed by atoms with Crippen molar-refractivity contribution < 1.29 is 9.50 Å². The largest absolute Gasteiger partial charge is 0.388 e. The van der Waals surface area contributed by atoms with Gasteiger partial charge in [-0.1, -0.05) is 12.1 Å². The number of hydrogen-bond acceptors (Lipinski definition) is 3. The van der Waals surface area contributed by atoms with Gasteiger partial charge in [0.1, 0.15) is 12.4 Å². The van der Waals surface area contributed by atoms with E-state index in [2.05, 4.69) is 10.2 Å².